The highest BCUT2D eigenvalue weighted by atomic mass is 32.2. The Morgan fingerprint density at radius 1 is 1.05 bits per heavy atom. The van der Waals surface area contributed by atoms with E-state index >= 15 is 0 Å². The van der Waals surface area contributed by atoms with Crippen molar-refractivity contribution in [1.29, 1.82) is 0 Å². The van der Waals surface area contributed by atoms with Gasteiger partial charge in [-0.2, -0.15) is 18.6 Å². The monoisotopic (exact) mass is 307 g/mol. The summed E-state index contributed by atoms with van der Waals surface area (Å²) in [5.74, 6) is 0.494. The summed E-state index contributed by atoms with van der Waals surface area (Å²) in [6.07, 6.45) is 0. The van der Waals surface area contributed by atoms with E-state index in [0.29, 0.717) is 22.8 Å². The van der Waals surface area contributed by atoms with Crippen LogP contribution in [0, 0.1) is 0 Å². The molecule has 0 radical (unpaired) electrons. The molecule has 0 fully saturated rings. The zero-order valence-corrected chi connectivity index (χ0v) is 11.9. The number of ether oxygens (including phenoxy) is 1. The summed E-state index contributed by atoms with van der Waals surface area (Å²) in [4.78, 5) is -0.199. The van der Waals surface area contributed by atoms with Gasteiger partial charge in [0.25, 0.3) is 10.1 Å². The molecule has 0 atom stereocenters. The van der Waals surface area contributed by atoms with Crippen LogP contribution in [0.5, 0.6) is 5.75 Å². The first-order chi connectivity index (χ1) is 9.90. The summed E-state index contributed by atoms with van der Waals surface area (Å²) in [6, 6.07) is 10.3. The number of benzene rings is 2. The van der Waals surface area contributed by atoms with Gasteiger partial charge in [-0.05, 0) is 36.4 Å². The number of nitrogens with zero attached hydrogens (tertiary/aromatic N) is 2. The molecule has 0 aromatic heterocycles. The van der Waals surface area contributed by atoms with Gasteiger partial charge >= 0.3 is 0 Å². The van der Waals surface area contributed by atoms with E-state index in [0.717, 1.165) is 0 Å². The SMILES string of the molecule is COc1cc(N=Nc2ccc(S(=O)(=O)O)cc2)ccc1N. The lowest BCUT2D eigenvalue weighted by Crippen LogP contribution is -1.96. The summed E-state index contributed by atoms with van der Waals surface area (Å²) in [7, 11) is -2.70. The zero-order valence-electron chi connectivity index (χ0n) is 11.1. The third kappa shape index (κ3) is 3.77. The molecular formula is C13H13N3O4S. The van der Waals surface area contributed by atoms with E-state index in [2.05, 4.69) is 10.2 Å². The molecule has 3 N–H and O–H groups in total. The quantitative estimate of drug-likeness (QED) is 0.512. The maximum atomic E-state index is 10.9. The predicted octanol–water partition coefficient (Wildman–Crippen LogP) is 2.94. The molecule has 0 unspecified atom stereocenters. The van der Waals surface area contributed by atoms with Crippen molar-refractivity contribution in [2.24, 2.45) is 10.2 Å². The zero-order chi connectivity index (χ0) is 15.5. The second kappa shape index (κ2) is 5.90. The molecule has 0 amide bonds. The minimum Gasteiger partial charge on any atom is -0.495 e. The molecule has 0 spiro atoms. The third-order valence-electron chi connectivity index (χ3n) is 2.63. The molecule has 0 aliphatic rings. The minimum absolute atomic E-state index is 0.199. The van der Waals surface area contributed by atoms with Crippen LogP contribution in [0.1, 0.15) is 0 Å². The number of hydrogen-bond donors (Lipinski definition) is 2. The van der Waals surface area contributed by atoms with Crippen molar-refractivity contribution < 1.29 is 17.7 Å². The maximum absolute atomic E-state index is 10.9. The molecule has 2 aromatic rings. The summed E-state index contributed by atoms with van der Waals surface area (Å²) in [5, 5.41) is 7.95. The Morgan fingerprint density at radius 3 is 2.19 bits per heavy atom. The van der Waals surface area contributed by atoms with Crippen LogP contribution in [0.3, 0.4) is 0 Å². The van der Waals surface area contributed by atoms with E-state index in [9.17, 15) is 8.42 Å². The first kappa shape index (κ1) is 14.9. The second-order valence-corrected chi connectivity index (χ2v) is 5.52. The highest BCUT2D eigenvalue weighted by molar-refractivity contribution is 7.85. The number of anilines is 1. The molecule has 2 rings (SSSR count). The standard InChI is InChI=1S/C13H13N3O4S/c1-20-13-8-10(4-7-12(13)14)16-15-9-2-5-11(6-3-9)21(17,18)19/h2-8H,14H2,1H3,(H,17,18,19). The average molecular weight is 307 g/mol. The molecule has 21 heavy (non-hydrogen) atoms. The van der Waals surface area contributed by atoms with E-state index in [1.807, 2.05) is 0 Å². The fraction of sp³-hybridized carbons (Fsp3) is 0.0769. The molecule has 110 valence electrons. The predicted molar refractivity (Wildman–Crippen MR) is 77.8 cm³/mol. The summed E-state index contributed by atoms with van der Waals surface area (Å²) in [5.41, 5.74) is 7.17. The molecule has 0 saturated heterocycles. The van der Waals surface area contributed by atoms with Gasteiger partial charge in [-0.1, -0.05) is 0 Å². The van der Waals surface area contributed by atoms with Crippen molar-refractivity contribution >= 4 is 27.2 Å². The molecule has 8 heteroatoms. The number of rotatable bonds is 4. The van der Waals surface area contributed by atoms with Crippen LogP contribution >= 0.6 is 0 Å². The van der Waals surface area contributed by atoms with Crippen LogP contribution in [0.25, 0.3) is 0 Å². The average Bonchev–Trinajstić information content (AvgIpc) is 2.46. The van der Waals surface area contributed by atoms with Gasteiger partial charge in [0.2, 0.25) is 0 Å². The van der Waals surface area contributed by atoms with Crippen molar-refractivity contribution in [3.05, 3.63) is 42.5 Å². The van der Waals surface area contributed by atoms with Crippen molar-refractivity contribution in [3.8, 4) is 5.75 Å². The highest BCUT2D eigenvalue weighted by Gasteiger charge is 2.08. The molecular weight excluding hydrogens is 294 g/mol. The second-order valence-electron chi connectivity index (χ2n) is 4.10. The first-order valence-corrected chi connectivity index (χ1v) is 7.27. The van der Waals surface area contributed by atoms with Gasteiger partial charge < -0.3 is 10.5 Å². The molecule has 7 nitrogen and oxygen atoms in total. The number of azo groups is 1. The van der Waals surface area contributed by atoms with Gasteiger partial charge in [-0.3, -0.25) is 4.55 Å². The van der Waals surface area contributed by atoms with E-state index in [1.54, 1.807) is 18.2 Å². The summed E-state index contributed by atoms with van der Waals surface area (Å²) < 4.78 is 35.7. The lowest BCUT2D eigenvalue weighted by atomic mass is 10.2. The first-order valence-electron chi connectivity index (χ1n) is 5.83. The summed E-state index contributed by atoms with van der Waals surface area (Å²) >= 11 is 0. The van der Waals surface area contributed by atoms with Gasteiger partial charge in [-0.25, -0.2) is 0 Å². The fourth-order valence-electron chi connectivity index (χ4n) is 1.56. The van der Waals surface area contributed by atoms with Crippen LogP contribution in [0.15, 0.2) is 57.6 Å². The Hall–Kier alpha value is -2.45. The third-order valence-corrected chi connectivity index (χ3v) is 3.50. The minimum atomic E-state index is -4.20. The number of methoxy groups -OCH3 is 1. The number of nitrogen functional groups attached to an aromatic ring is 1. The molecule has 0 bridgehead atoms. The lowest BCUT2D eigenvalue weighted by Gasteiger charge is -2.03. The number of hydrogen-bond acceptors (Lipinski definition) is 6. The molecule has 0 aliphatic carbocycles. The smallest absolute Gasteiger partial charge is 0.294 e. The van der Waals surface area contributed by atoms with Crippen molar-refractivity contribution in [2.75, 3.05) is 12.8 Å². The summed E-state index contributed by atoms with van der Waals surface area (Å²) in [6.45, 7) is 0. The normalized spacial score (nSPS) is 11.7. The Kier molecular flexibility index (Phi) is 4.20. The molecule has 0 heterocycles. The van der Waals surface area contributed by atoms with Crippen LogP contribution in [-0.4, -0.2) is 20.1 Å². The van der Waals surface area contributed by atoms with Gasteiger partial charge in [0, 0.05) is 6.07 Å². The van der Waals surface area contributed by atoms with Crippen LogP contribution in [0.2, 0.25) is 0 Å². The van der Waals surface area contributed by atoms with Crippen LogP contribution in [-0.2, 0) is 10.1 Å². The molecule has 0 saturated carbocycles. The van der Waals surface area contributed by atoms with Gasteiger partial charge in [0.15, 0.2) is 0 Å². The largest absolute Gasteiger partial charge is 0.495 e. The van der Waals surface area contributed by atoms with Crippen molar-refractivity contribution in [1.82, 2.24) is 0 Å². The maximum Gasteiger partial charge on any atom is 0.294 e. The number of nitrogens with two attached hydrogens (primary N) is 1. The Labute approximate surface area is 121 Å². The van der Waals surface area contributed by atoms with Crippen molar-refractivity contribution in [2.45, 2.75) is 4.90 Å². The molecule has 0 aliphatic heterocycles. The highest BCUT2D eigenvalue weighted by Crippen LogP contribution is 2.28. The fourth-order valence-corrected chi connectivity index (χ4v) is 2.04. The molecule has 2 aromatic carbocycles. The van der Waals surface area contributed by atoms with Crippen LogP contribution in [0.4, 0.5) is 17.1 Å². The lowest BCUT2D eigenvalue weighted by molar-refractivity contribution is 0.417. The Balaban J connectivity index is 2.21. The van der Waals surface area contributed by atoms with E-state index in [4.69, 9.17) is 15.0 Å². The van der Waals surface area contributed by atoms with E-state index in [1.165, 1.54) is 31.4 Å². The Bertz CT molecular complexity index is 771. The van der Waals surface area contributed by atoms with E-state index in [-0.39, 0.29) is 4.90 Å². The van der Waals surface area contributed by atoms with Crippen LogP contribution < -0.4 is 10.5 Å². The van der Waals surface area contributed by atoms with E-state index < -0.39 is 10.1 Å². The topological polar surface area (TPSA) is 114 Å². The van der Waals surface area contributed by atoms with Gasteiger partial charge in [-0.15, -0.1) is 0 Å². The van der Waals surface area contributed by atoms with Gasteiger partial charge in [0.1, 0.15) is 5.75 Å². The Morgan fingerprint density at radius 2 is 1.62 bits per heavy atom. The van der Waals surface area contributed by atoms with Crippen molar-refractivity contribution in [3.63, 3.8) is 0 Å². The van der Waals surface area contributed by atoms with Gasteiger partial charge in [0.05, 0.1) is 29.1 Å².